The molecule has 0 radical (unpaired) electrons. The Morgan fingerprint density at radius 2 is 1.84 bits per heavy atom. The molecule has 0 aliphatic rings. The summed E-state index contributed by atoms with van der Waals surface area (Å²) in [7, 11) is 3.90. The lowest BCUT2D eigenvalue weighted by molar-refractivity contribution is 0.0957. The third kappa shape index (κ3) is 3.80. The van der Waals surface area contributed by atoms with Gasteiger partial charge in [-0.05, 0) is 35.0 Å². The minimum absolute atomic E-state index is 0.255. The molecule has 0 unspecified atom stereocenters. The van der Waals surface area contributed by atoms with Crippen LogP contribution >= 0.6 is 11.6 Å². The molecule has 0 saturated heterocycles. The predicted molar refractivity (Wildman–Crippen MR) is 105 cm³/mol. The highest BCUT2D eigenvalue weighted by atomic mass is 35.5. The van der Waals surface area contributed by atoms with Crippen LogP contribution in [0.4, 0.5) is 5.69 Å². The molecule has 1 amide bonds. The van der Waals surface area contributed by atoms with Crippen LogP contribution in [0.25, 0.3) is 10.8 Å². The standard InChI is InChI=1S/C20H18ClN3O/c1-24(2)16-11-10-15(19(21)12-16)13-22-23-20(25)18-9-5-7-14-6-3-4-8-17(14)18/h3-13H,1-2H3,(H,23,25)/b22-13+. The maximum atomic E-state index is 12.4. The Hall–Kier alpha value is -2.85. The number of amides is 1. The van der Waals surface area contributed by atoms with Gasteiger partial charge in [0.25, 0.3) is 5.91 Å². The summed E-state index contributed by atoms with van der Waals surface area (Å²) in [6.07, 6.45) is 1.55. The van der Waals surface area contributed by atoms with Gasteiger partial charge >= 0.3 is 0 Å². The van der Waals surface area contributed by atoms with Crippen LogP contribution in [0.1, 0.15) is 15.9 Å². The van der Waals surface area contributed by atoms with Gasteiger partial charge in [-0.2, -0.15) is 5.10 Å². The Labute approximate surface area is 151 Å². The van der Waals surface area contributed by atoms with Crippen molar-refractivity contribution < 1.29 is 4.79 Å². The van der Waals surface area contributed by atoms with Crippen LogP contribution in [0.2, 0.25) is 5.02 Å². The number of fused-ring (bicyclic) bond motifs is 1. The molecule has 1 N–H and O–H groups in total. The molecular formula is C20H18ClN3O. The van der Waals surface area contributed by atoms with Crippen molar-refractivity contribution in [2.24, 2.45) is 5.10 Å². The van der Waals surface area contributed by atoms with E-state index in [4.69, 9.17) is 11.6 Å². The average molecular weight is 352 g/mol. The van der Waals surface area contributed by atoms with E-state index in [1.807, 2.05) is 73.6 Å². The minimum Gasteiger partial charge on any atom is -0.378 e. The van der Waals surface area contributed by atoms with Crippen molar-refractivity contribution in [3.05, 3.63) is 76.8 Å². The topological polar surface area (TPSA) is 44.7 Å². The van der Waals surface area contributed by atoms with Crippen molar-refractivity contribution in [1.82, 2.24) is 5.43 Å². The highest BCUT2D eigenvalue weighted by Gasteiger charge is 2.08. The number of nitrogens with zero attached hydrogens (tertiary/aromatic N) is 2. The van der Waals surface area contributed by atoms with Gasteiger partial charge in [-0.15, -0.1) is 0 Å². The Balaban J connectivity index is 1.77. The van der Waals surface area contributed by atoms with E-state index in [9.17, 15) is 4.79 Å². The first-order valence-corrected chi connectivity index (χ1v) is 8.22. The van der Waals surface area contributed by atoms with Crippen LogP contribution in [0.3, 0.4) is 0 Å². The second-order valence-electron chi connectivity index (χ2n) is 5.83. The van der Waals surface area contributed by atoms with Gasteiger partial charge in [0, 0.05) is 30.9 Å². The monoisotopic (exact) mass is 351 g/mol. The summed E-state index contributed by atoms with van der Waals surface area (Å²) in [6, 6.07) is 19.0. The van der Waals surface area contributed by atoms with Crippen LogP contribution < -0.4 is 10.3 Å². The summed E-state index contributed by atoms with van der Waals surface area (Å²) in [5.74, 6) is -0.255. The van der Waals surface area contributed by atoms with E-state index in [0.717, 1.165) is 22.0 Å². The number of benzene rings is 3. The Morgan fingerprint density at radius 3 is 2.60 bits per heavy atom. The Morgan fingerprint density at radius 1 is 1.08 bits per heavy atom. The van der Waals surface area contributed by atoms with E-state index in [1.54, 1.807) is 12.3 Å². The molecule has 0 spiro atoms. The number of anilines is 1. The average Bonchev–Trinajstić information content (AvgIpc) is 2.62. The molecule has 0 bridgehead atoms. The van der Waals surface area contributed by atoms with E-state index < -0.39 is 0 Å². The molecule has 4 nitrogen and oxygen atoms in total. The predicted octanol–water partition coefficient (Wildman–Crippen LogP) is 4.32. The van der Waals surface area contributed by atoms with Crippen molar-refractivity contribution >= 4 is 40.2 Å². The molecule has 0 heterocycles. The molecule has 3 rings (SSSR count). The molecular weight excluding hydrogens is 334 g/mol. The van der Waals surface area contributed by atoms with Gasteiger partial charge in [-0.25, -0.2) is 5.43 Å². The van der Waals surface area contributed by atoms with Crippen LogP contribution in [0.5, 0.6) is 0 Å². The van der Waals surface area contributed by atoms with Crippen molar-refractivity contribution in [2.45, 2.75) is 0 Å². The van der Waals surface area contributed by atoms with Gasteiger partial charge in [-0.3, -0.25) is 4.79 Å². The van der Waals surface area contributed by atoms with E-state index in [1.165, 1.54) is 0 Å². The molecule has 5 heteroatoms. The summed E-state index contributed by atoms with van der Waals surface area (Å²) in [5, 5.41) is 6.53. The molecule has 25 heavy (non-hydrogen) atoms. The first kappa shape index (κ1) is 17.0. The summed E-state index contributed by atoms with van der Waals surface area (Å²) < 4.78 is 0. The van der Waals surface area contributed by atoms with Crippen LogP contribution in [0, 0.1) is 0 Å². The van der Waals surface area contributed by atoms with Crippen molar-refractivity contribution in [1.29, 1.82) is 0 Å². The van der Waals surface area contributed by atoms with Gasteiger partial charge < -0.3 is 4.90 Å². The number of carbonyl (C=O) groups excluding carboxylic acids is 1. The normalized spacial score (nSPS) is 11.0. The van der Waals surface area contributed by atoms with Gasteiger partial charge in [0.05, 0.1) is 11.2 Å². The number of hydrogen-bond acceptors (Lipinski definition) is 3. The third-order valence-corrected chi connectivity index (χ3v) is 4.23. The molecule has 0 atom stereocenters. The van der Waals surface area contributed by atoms with E-state index >= 15 is 0 Å². The van der Waals surface area contributed by atoms with Gasteiger partial charge in [0.1, 0.15) is 0 Å². The molecule has 3 aromatic rings. The fraction of sp³-hybridized carbons (Fsp3) is 0.100. The molecule has 0 saturated carbocycles. The van der Waals surface area contributed by atoms with E-state index in [-0.39, 0.29) is 5.91 Å². The van der Waals surface area contributed by atoms with Crippen molar-refractivity contribution in [2.75, 3.05) is 19.0 Å². The summed E-state index contributed by atoms with van der Waals surface area (Å²) >= 11 is 6.25. The number of rotatable bonds is 4. The quantitative estimate of drug-likeness (QED) is 0.562. The SMILES string of the molecule is CN(C)c1ccc(/C=N/NC(=O)c2cccc3ccccc23)c(Cl)c1. The van der Waals surface area contributed by atoms with Gasteiger partial charge in [0.15, 0.2) is 0 Å². The Kier molecular flexibility index (Phi) is 5.00. The van der Waals surface area contributed by atoms with Crippen LogP contribution in [0.15, 0.2) is 65.8 Å². The molecule has 0 aliphatic heterocycles. The maximum absolute atomic E-state index is 12.4. The number of nitrogens with one attached hydrogen (secondary N) is 1. The second-order valence-corrected chi connectivity index (χ2v) is 6.23. The zero-order valence-corrected chi connectivity index (χ0v) is 14.8. The highest BCUT2D eigenvalue weighted by molar-refractivity contribution is 6.33. The van der Waals surface area contributed by atoms with Crippen molar-refractivity contribution in [3.8, 4) is 0 Å². The minimum atomic E-state index is -0.255. The van der Waals surface area contributed by atoms with E-state index in [2.05, 4.69) is 10.5 Å². The lowest BCUT2D eigenvalue weighted by atomic mass is 10.0. The van der Waals surface area contributed by atoms with Crippen molar-refractivity contribution in [3.63, 3.8) is 0 Å². The fourth-order valence-electron chi connectivity index (χ4n) is 2.54. The maximum Gasteiger partial charge on any atom is 0.271 e. The fourth-order valence-corrected chi connectivity index (χ4v) is 2.77. The zero-order valence-electron chi connectivity index (χ0n) is 14.0. The third-order valence-electron chi connectivity index (χ3n) is 3.90. The molecule has 0 aliphatic carbocycles. The smallest absolute Gasteiger partial charge is 0.271 e. The highest BCUT2D eigenvalue weighted by Crippen LogP contribution is 2.21. The zero-order chi connectivity index (χ0) is 17.8. The number of halogens is 1. The van der Waals surface area contributed by atoms with Gasteiger partial charge in [-0.1, -0.05) is 48.0 Å². The lowest BCUT2D eigenvalue weighted by Gasteiger charge is -2.13. The first-order chi connectivity index (χ1) is 12.1. The van der Waals surface area contributed by atoms with Crippen LogP contribution in [-0.4, -0.2) is 26.2 Å². The largest absolute Gasteiger partial charge is 0.378 e. The molecule has 0 fully saturated rings. The van der Waals surface area contributed by atoms with Gasteiger partial charge in [0.2, 0.25) is 0 Å². The molecule has 0 aromatic heterocycles. The summed E-state index contributed by atoms with van der Waals surface area (Å²) in [6.45, 7) is 0. The van der Waals surface area contributed by atoms with E-state index in [0.29, 0.717) is 10.6 Å². The number of carbonyl (C=O) groups is 1. The molecule has 3 aromatic carbocycles. The summed E-state index contributed by atoms with van der Waals surface area (Å²) in [5.41, 5.74) is 4.90. The first-order valence-electron chi connectivity index (χ1n) is 7.84. The van der Waals surface area contributed by atoms with Crippen LogP contribution in [-0.2, 0) is 0 Å². The summed E-state index contributed by atoms with van der Waals surface area (Å²) in [4.78, 5) is 14.4. The molecule has 126 valence electrons. The second kappa shape index (κ2) is 7.36. The Bertz CT molecular complexity index is 945. The lowest BCUT2D eigenvalue weighted by Crippen LogP contribution is -2.18. The number of hydrazone groups is 1. The number of hydrogen-bond donors (Lipinski definition) is 1.